The van der Waals surface area contributed by atoms with E-state index in [9.17, 15) is 0 Å². The van der Waals surface area contributed by atoms with Crippen molar-refractivity contribution in [1.82, 2.24) is 9.97 Å². The van der Waals surface area contributed by atoms with Gasteiger partial charge in [-0.2, -0.15) is 0 Å². The van der Waals surface area contributed by atoms with Crippen molar-refractivity contribution in [2.24, 2.45) is 0 Å². The average molecular weight is 177 g/mol. The van der Waals surface area contributed by atoms with Crippen LogP contribution in [0.3, 0.4) is 0 Å². The molecule has 0 spiro atoms. The topological polar surface area (TPSA) is 60.9 Å². The predicted octanol–water partition coefficient (Wildman–Crippen LogP) is 1.10. The lowest BCUT2D eigenvalue weighted by atomic mass is 10.2. The molecule has 2 aromatic rings. The molecular formula is C9H11N3O. The molecule has 0 aliphatic heterocycles. The van der Waals surface area contributed by atoms with E-state index in [1.165, 1.54) is 0 Å². The van der Waals surface area contributed by atoms with Gasteiger partial charge in [0.15, 0.2) is 0 Å². The lowest BCUT2D eigenvalue weighted by Gasteiger charge is -1.93. The number of nitrogens with zero attached hydrogens (tertiary/aromatic N) is 1. The highest BCUT2D eigenvalue weighted by atomic mass is 16.3. The highest BCUT2D eigenvalue weighted by molar-refractivity contribution is 5.78. The smallest absolute Gasteiger partial charge is 0.200 e. The molecule has 3 N–H and O–H groups in total. The molecule has 13 heavy (non-hydrogen) atoms. The Morgan fingerprint density at radius 1 is 1.54 bits per heavy atom. The van der Waals surface area contributed by atoms with E-state index in [1.807, 2.05) is 25.2 Å². The molecule has 0 bridgehead atoms. The number of aliphatic hydroxyl groups is 1. The Labute approximate surface area is 75.6 Å². The van der Waals surface area contributed by atoms with E-state index in [0.717, 1.165) is 22.5 Å². The SMILES string of the molecule is CNc1nc2ccc(CO)cc2[nH]1. The number of hydrogen-bond donors (Lipinski definition) is 3. The molecule has 0 amide bonds. The first-order chi connectivity index (χ1) is 6.33. The highest BCUT2D eigenvalue weighted by Gasteiger charge is 2.00. The zero-order valence-electron chi connectivity index (χ0n) is 7.33. The number of hydrogen-bond acceptors (Lipinski definition) is 3. The van der Waals surface area contributed by atoms with Crippen LogP contribution in [0.15, 0.2) is 18.2 Å². The quantitative estimate of drug-likeness (QED) is 0.643. The summed E-state index contributed by atoms with van der Waals surface area (Å²) < 4.78 is 0. The van der Waals surface area contributed by atoms with Crippen LogP contribution in [-0.4, -0.2) is 22.1 Å². The maximum atomic E-state index is 8.91. The molecule has 0 radical (unpaired) electrons. The summed E-state index contributed by atoms with van der Waals surface area (Å²) in [5.41, 5.74) is 2.73. The number of rotatable bonds is 2. The second kappa shape index (κ2) is 3.06. The summed E-state index contributed by atoms with van der Waals surface area (Å²) in [6.45, 7) is 0.0594. The van der Waals surface area contributed by atoms with Crippen LogP contribution in [0.5, 0.6) is 0 Å². The van der Waals surface area contributed by atoms with Crippen molar-refractivity contribution >= 4 is 17.0 Å². The molecule has 0 atom stereocenters. The van der Waals surface area contributed by atoms with Crippen molar-refractivity contribution in [2.45, 2.75) is 6.61 Å². The molecular weight excluding hydrogens is 166 g/mol. The van der Waals surface area contributed by atoms with Crippen LogP contribution in [0, 0.1) is 0 Å². The van der Waals surface area contributed by atoms with Crippen LogP contribution in [0.1, 0.15) is 5.56 Å². The third-order valence-corrected chi connectivity index (χ3v) is 1.97. The van der Waals surface area contributed by atoms with Crippen LogP contribution in [-0.2, 0) is 6.61 Å². The van der Waals surface area contributed by atoms with Crippen LogP contribution in [0.2, 0.25) is 0 Å². The lowest BCUT2D eigenvalue weighted by molar-refractivity contribution is 0.282. The predicted molar refractivity (Wildman–Crippen MR) is 51.6 cm³/mol. The standard InChI is InChI=1S/C9H11N3O/c1-10-9-11-7-3-2-6(5-13)4-8(7)12-9/h2-4,13H,5H2,1H3,(H2,10,11,12). The maximum Gasteiger partial charge on any atom is 0.200 e. The minimum Gasteiger partial charge on any atom is -0.392 e. The minimum atomic E-state index is 0.0594. The molecule has 1 aromatic heterocycles. The number of nitrogens with one attached hydrogen (secondary N) is 2. The molecule has 0 unspecified atom stereocenters. The molecule has 0 aliphatic carbocycles. The highest BCUT2D eigenvalue weighted by Crippen LogP contribution is 2.15. The molecule has 1 heterocycles. The van der Waals surface area contributed by atoms with Gasteiger partial charge in [0.2, 0.25) is 5.95 Å². The third kappa shape index (κ3) is 1.36. The molecule has 0 aliphatic rings. The molecule has 4 heteroatoms. The van der Waals surface area contributed by atoms with Gasteiger partial charge < -0.3 is 15.4 Å². The Morgan fingerprint density at radius 2 is 2.38 bits per heavy atom. The zero-order chi connectivity index (χ0) is 9.26. The number of benzene rings is 1. The maximum absolute atomic E-state index is 8.91. The van der Waals surface area contributed by atoms with Crippen LogP contribution >= 0.6 is 0 Å². The van der Waals surface area contributed by atoms with Gasteiger partial charge in [0.1, 0.15) is 0 Å². The van der Waals surface area contributed by atoms with Gasteiger partial charge in [-0.05, 0) is 17.7 Å². The number of fused-ring (bicyclic) bond motifs is 1. The van der Waals surface area contributed by atoms with Crippen LogP contribution in [0.4, 0.5) is 5.95 Å². The van der Waals surface area contributed by atoms with Crippen molar-refractivity contribution in [3.05, 3.63) is 23.8 Å². The van der Waals surface area contributed by atoms with Crippen molar-refractivity contribution in [2.75, 3.05) is 12.4 Å². The summed E-state index contributed by atoms with van der Waals surface area (Å²) in [5.74, 6) is 0.741. The van der Waals surface area contributed by atoms with Gasteiger partial charge in [-0.1, -0.05) is 6.07 Å². The Balaban J connectivity index is 2.57. The first-order valence-electron chi connectivity index (χ1n) is 4.11. The molecule has 0 saturated heterocycles. The number of aliphatic hydroxyl groups excluding tert-OH is 1. The van der Waals surface area contributed by atoms with E-state index in [-0.39, 0.29) is 6.61 Å². The van der Waals surface area contributed by atoms with Gasteiger partial charge in [0.05, 0.1) is 17.6 Å². The van der Waals surface area contributed by atoms with Gasteiger partial charge in [-0.25, -0.2) is 4.98 Å². The zero-order valence-corrected chi connectivity index (χ0v) is 7.33. The Morgan fingerprint density at radius 3 is 3.08 bits per heavy atom. The summed E-state index contributed by atoms with van der Waals surface area (Å²) >= 11 is 0. The first kappa shape index (κ1) is 8.07. The molecule has 1 aromatic carbocycles. The van der Waals surface area contributed by atoms with Gasteiger partial charge in [0, 0.05) is 7.05 Å². The van der Waals surface area contributed by atoms with Gasteiger partial charge in [-0.3, -0.25) is 0 Å². The minimum absolute atomic E-state index is 0.0594. The Kier molecular flexibility index (Phi) is 1.90. The van der Waals surface area contributed by atoms with E-state index < -0.39 is 0 Å². The Bertz CT molecular complexity index is 420. The fourth-order valence-corrected chi connectivity index (χ4v) is 1.27. The van der Waals surface area contributed by atoms with E-state index in [4.69, 9.17) is 5.11 Å². The van der Waals surface area contributed by atoms with Crippen molar-refractivity contribution in [3.63, 3.8) is 0 Å². The van der Waals surface area contributed by atoms with E-state index in [0.29, 0.717) is 0 Å². The van der Waals surface area contributed by atoms with Crippen LogP contribution < -0.4 is 5.32 Å². The molecule has 0 saturated carbocycles. The van der Waals surface area contributed by atoms with Gasteiger partial charge >= 0.3 is 0 Å². The van der Waals surface area contributed by atoms with Crippen molar-refractivity contribution < 1.29 is 5.11 Å². The largest absolute Gasteiger partial charge is 0.392 e. The summed E-state index contributed by atoms with van der Waals surface area (Å²) in [4.78, 5) is 7.34. The van der Waals surface area contributed by atoms with Gasteiger partial charge in [0.25, 0.3) is 0 Å². The first-order valence-corrected chi connectivity index (χ1v) is 4.11. The normalized spacial score (nSPS) is 10.6. The third-order valence-electron chi connectivity index (χ3n) is 1.97. The average Bonchev–Trinajstić information content (AvgIpc) is 2.58. The summed E-state index contributed by atoms with van der Waals surface area (Å²) in [5, 5.41) is 11.8. The lowest BCUT2D eigenvalue weighted by Crippen LogP contribution is -1.88. The second-order valence-electron chi connectivity index (χ2n) is 2.85. The van der Waals surface area contributed by atoms with Gasteiger partial charge in [-0.15, -0.1) is 0 Å². The van der Waals surface area contributed by atoms with E-state index in [2.05, 4.69) is 15.3 Å². The summed E-state index contributed by atoms with van der Waals surface area (Å²) in [6, 6.07) is 5.64. The fourth-order valence-electron chi connectivity index (χ4n) is 1.27. The molecule has 68 valence electrons. The van der Waals surface area contributed by atoms with Crippen molar-refractivity contribution in [1.29, 1.82) is 0 Å². The fraction of sp³-hybridized carbons (Fsp3) is 0.222. The number of H-pyrrole nitrogens is 1. The van der Waals surface area contributed by atoms with Crippen molar-refractivity contribution in [3.8, 4) is 0 Å². The van der Waals surface area contributed by atoms with E-state index >= 15 is 0 Å². The molecule has 4 nitrogen and oxygen atoms in total. The van der Waals surface area contributed by atoms with E-state index in [1.54, 1.807) is 0 Å². The summed E-state index contributed by atoms with van der Waals surface area (Å²) in [7, 11) is 1.81. The number of imidazole rings is 1. The number of anilines is 1. The molecule has 2 rings (SSSR count). The second-order valence-corrected chi connectivity index (χ2v) is 2.85. The summed E-state index contributed by atoms with van der Waals surface area (Å²) in [6.07, 6.45) is 0. The Hall–Kier alpha value is -1.55. The number of aromatic amines is 1. The number of aromatic nitrogens is 2. The monoisotopic (exact) mass is 177 g/mol. The molecule has 0 fully saturated rings. The van der Waals surface area contributed by atoms with Crippen LogP contribution in [0.25, 0.3) is 11.0 Å².